The highest BCUT2D eigenvalue weighted by atomic mass is 32.2. The fourth-order valence-electron chi connectivity index (χ4n) is 5.11. The molecule has 2 aromatic carbocycles. The Morgan fingerprint density at radius 3 is 2.36 bits per heavy atom. The number of amides is 2. The number of likely N-dealkylation sites (N-methyl/N-ethyl adjacent to an activating group) is 1. The van der Waals surface area contributed by atoms with E-state index in [0.29, 0.717) is 12.2 Å². The van der Waals surface area contributed by atoms with Gasteiger partial charge in [-0.3, -0.25) is 9.80 Å². The third kappa shape index (κ3) is 7.10. The standard InChI is InChI=1S/C28H33F3N6O4S/c1-2-34-8-10-35(11-9-34)18-20-4-3-5-23(16-20)37(28(38)36-12-14-42(39,40)15-13-36)19-22-7-6-21(17-24(22)29)26-32-33-27(41-26)25(30)31/h3-7,16-17,25H,2,8-15,18-19H2,1H3. The first-order chi connectivity index (χ1) is 20.1. The average molecular weight is 607 g/mol. The van der Waals surface area contributed by atoms with Crippen LogP contribution in [0.4, 0.5) is 23.7 Å². The molecular formula is C28H33F3N6O4S. The minimum absolute atomic E-state index is 0.0458. The molecule has 14 heteroatoms. The van der Waals surface area contributed by atoms with E-state index in [4.69, 9.17) is 4.42 Å². The molecule has 226 valence electrons. The first-order valence-corrected chi connectivity index (χ1v) is 15.6. The summed E-state index contributed by atoms with van der Waals surface area (Å²) in [6.45, 7) is 7.64. The smallest absolute Gasteiger partial charge is 0.324 e. The summed E-state index contributed by atoms with van der Waals surface area (Å²) in [4.78, 5) is 21.4. The third-order valence-corrected chi connectivity index (χ3v) is 9.25. The second kappa shape index (κ2) is 12.8. The average Bonchev–Trinajstić information content (AvgIpc) is 3.48. The van der Waals surface area contributed by atoms with Crippen LogP contribution in [-0.2, 0) is 22.9 Å². The van der Waals surface area contributed by atoms with Crippen LogP contribution >= 0.6 is 0 Å². The van der Waals surface area contributed by atoms with E-state index in [9.17, 15) is 22.0 Å². The monoisotopic (exact) mass is 606 g/mol. The summed E-state index contributed by atoms with van der Waals surface area (Å²) in [5.74, 6) is -2.06. The van der Waals surface area contributed by atoms with Crippen molar-refractivity contribution in [1.29, 1.82) is 0 Å². The SMILES string of the molecule is CCN1CCN(Cc2cccc(N(Cc3ccc(-c4nnc(C(F)F)o4)cc3F)C(=O)N3CCS(=O)(=O)CC3)c2)CC1. The number of benzene rings is 2. The molecule has 2 amide bonds. The lowest BCUT2D eigenvalue weighted by atomic mass is 10.1. The largest absolute Gasteiger partial charge is 0.415 e. The minimum atomic E-state index is -3.22. The number of rotatable bonds is 8. The van der Waals surface area contributed by atoms with Gasteiger partial charge < -0.3 is 14.2 Å². The van der Waals surface area contributed by atoms with E-state index in [0.717, 1.165) is 44.4 Å². The van der Waals surface area contributed by atoms with E-state index in [1.54, 1.807) is 6.07 Å². The summed E-state index contributed by atoms with van der Waals surface area (Å²) in [5.41, 5.74) is 1.85. The molecule has 3 heterocycles. The zero-order chi connectivity index (χ0) is 29.9. The summed E-state index contributed by atoms with van der Waals surface area (Å²) in [7, 11) is -3.22. The Morgan fingerprint density at radius 1 is 1.00 bits per heavy atom. The van der Waals surface area contributed by atoms with E-state index in [1.165, 1.54) is 21.9 Å². The molecule has 5 rings (SSSR count). The number of aromatic nitrogens is 2. The maximum absolute atomic E-state index is 15.4. The highest BCUT2D eigenvalue weighted by Gasteiger charge is 2.30. The van der Waals surface area contributed by atoms with E-state index in [-0.39, 0.29) is 48.2 Å². The normalized spacial score (nSPS) is 18.0. The number of halogens is 3. The number of hydrogen-bond acceptors (Lipinski definition) is 8. The maximum Gasteiger partial charge on any atom is 0.324 e. The fourth-order valence-corrected chi connectivity index (χ4v) is 6.31. The summed E-state index contributed by atoms with van der Waals surface area (Å²) in [6, 6.07) is 11.1. The van der Waals surface area contributed by atoms with E-state index in [2.05, 4.69) is 26.9 Å². The van der Waals surface area contributed by atoms with Crippen molar-refractivity contribution in [2.24, 2.45) is 0 Å². The summed E-state index contributed by atoms with van der Waals surface area (Å²) >= 11 is 0. The predicted octanol–water partition coefficient (Wildman–Crippen LogP) is 3.81. The quantitative estimate of drug-likeness (QED) is 0.382. The molecule has 0 atom stereocenters. The second-order valence-corrected chi connectivity index (χ2v) is 12.7. The number of carbonyl (C=O) groups is 1. The van der Waals surface area contributed by atoms with Crippen molar-refractivity contribution < 1.29 is 30.8 Å². The first-order valence-electron chi connectivity index (χ1n) is 13.8. The molecule has 0 bridgehead atoms. The van der Waals surface area contributed by atoms with Crippen molar-refractivity contribution in [2.75, 3.05) is 62.2 Å². The van der Waals surface area contributed by atoms with Gasteiger partial charge in [0.2, 0.25) is 5.89 Å². The van der Waals surface area contributed by atoms with Gasteiger partial charge in [-0.25, -0.2) is 17.6 Å². The Kier molecular flexibility index (Phi) is 9.13. The number of alkyl halides is 2. The summed E-state index contributed by atoms with van der Waals surface area (Å²) in [5, 5.41) is 6.84. The summed E-state index contributed by atoms with van der Waals surface area (Å²) in [6.07, 6.45) is -2.95. The molecule has 2 aliphatic heterocycles. The van der Waals surface area contributed by atoms with Gasteiger partial charge in [0, 0.05) is 62.6 Å². The van der Waals surface area contributed by atoms with Gasteiger partial charge in [-0.15, -0.1) is 10.2 Å². The highest BCUT2D eigenvalue weighted by molar-refractivity contribution is 7.91. The van der Waals surface area contributed by atoms with Gasteiger partial charge in [0.25, 0.3) is 5.89 Å². The van der Waals surface area contributed by atoms with Crippen LogP contribution in [0.3, 0.4) is 0 Å². The zero-order valence-corrected chi connectivity index (χ0v) is 24.1. The number of anilines is 1. The van der Waals surface area contributed by atoms with Crippen molar-refractivity contribution in [2.45, 2.75) is 26.4 Å². The molecule has 42 heavy (non-hydrogen) atoms. The van der Waals surface area contributed by atoms with Crippen molar-refractivity contribution in [3.05, 3.63) is 65.3 Å². The number of hydrogen-bond donors (Lipinski definition) is 0. The number of carbonyl (C=O) groups excluding carboxylic acids is 1. The molecule has 1 aromatic heterocycles. The van der Waals surface area contributed by atoms with Gasteiger partial charge in [-0.1, -0.05) is 25.1 Å². The predicted molar refractivity (Wildman–Crippen MR) is 150 cm³/mol. The van der Waals surface area contributed by atoms with Gasteiger partial charge >= 0.3 is 12.5 Å². The molecule has 0 unspecified atom stereocenters. The topological polar surface area (TPSA) is 103 Å². The minimum Gasteiger partial charge on any atom is -0.415 e. The van der Waals surface area contributed by atoms with E-state index in [1.807, 2.05) is 18.2 Å². The van der Waals surface area contributed by atoms with Crippen LogP contribution in [0.1, 0.15) is 30.4 Å². The lowest BCUT2D eigenvalue weighted by Gasteiger charge is -2.35. The number of sulfone groups is 1. The van der Waals surface area contributed by atoms with Gasteiger partial charge in [0.05, 0.1) is 18.1 Å². The van der Waals surface area contributed by atoms with Gasteiger partial charge in [0.1, 0.15) is 5.82 Å². The Labute approximate surface area is 242 Å². The van der Waals surface area contributed by atoms with Gasteiger partial charge in [-0.2, -0.15) is 8.78 Å². The molecule has 10 nitrogen and oxygen atoms in total. The second-order valence-electron chi connectivity index (χ2n) is 10.4. The van der Waals surface area contributed by atoms with Crippen molar-refractivity contribution >= 4 is 21.6 Å². The van der Waals surface area contributed by atoms with Crippen molar-refractivity contribution in [1.82, 2.24) is 24.9 Å². The molecule has 2 saturated heterocycles. The van der Waals surface area contributed by atoms with Crippen molar-refractivity contribution in [3.8, 4) is 11.5 Å². The van der Waals surface area contributed by atoms with Crippen LogP contribution in [0.2, 0.25) is 0 Å². The Morgan fingerprint density at radius 2 is 1.71 bits per heavy atom. The fraction of sp³-hybridized carbons (Fsp3) is 0.464. The Bertz CT molecular complexity index is 1500. The number of piperazine rings is 1. The van der Waals surface area contributed by atoms with Crippen LogP contribution in [0.15, 0.2) is 46.9 Å². The molecule has 0 saturated carbocycles. The molecule has 0 aliphatic carbocycles. The van der Waals surface area contributed by atoms with Crippen LogP contribution in [0, 0.1) is 5.82 Å². The van der Waals surface area contributed by atoms with Gasteiger partial charge in [0.15, 0.2) is 9.84 Å². The van der Waals surface area contributed by atoms with Crippen LogP contribution in [-0.4, -0.2) is 96.7 Å². The molecule has 2 fully saturated rings. The van der Waals surface area contributed by atoms with Crippen LogP contribution < -0.4 is 4.90 Å². The van der Waals surface area contributed by atoms with E-state index >= 15 is 4.39 Å². The molecular weight excluding hydrogens is 573 g/mol. The molecule has 0 N–H and O–H groups in total. The Balaban J connectivity index is 1.39. The van der Waals surface area contributed by atoms with E-state index < -0.39 is 34.0 Å². The van der Waals surface area contributed by atoms with Crippen molar-refractivity contribution in [3.63, 3.8) is 0 Å². The van der Waals surface area contributed by atoms with Crippen LogP contribution in [0.5, 0.6) is 0 Å². The molecule has 3 aromatic rings. The molecule has 0 spiro atoms. The lowest BCUT2D eigenvalue weighted by Crippen LogP contribution is -2.50. The molecule has 2 aliphatic rings. The zero-order valence-electron chi connectivity index (χ0n) is 23.3. The van der Waals surface area contributed by atoms with Crippen LogP contribution in [0.25, 0.3) is 11.5 Å². The number of urea groups is 1. The lowest BCUT2D eigenvalue weighted by molar-refractivity contribution is 0.116. The summed E-state index contributed by atoms with van der Waals surface area (Å²) < 4.78 is 70.0. The number of nitrogens with zero attached hydrogens (tertiary/aromatic N) is 6. The highest BCUT2D eigenvalue weighted by Crippen LogP contribution is 2.27. The third-order valence-electron chi connectivity index (χ3n) is 7.64. The molecule has 0 radical (unpaired) electrons. The van der Waals surface area contributed by atoms with Gasteiger partial charge in [-0.05, 0) is 36.4 Å². The first kappa shape index (κ1) is 30.0. The Hall–Kier alpha value is -3.49. The maximum atomic E-state index is 15.4.